The molecule has 1 amide bonds. The average molecular weight is 329 g/mol. The van der Waals surface area contributed by atoms with E-state index in [1.165, 1.54) is 9.58 Å². The first kappa shape index (κ1) is 17.7. The predicted octanol–water partition coefficient (Wildman–Crippen LogP) is 2.31. The average Bonchev–Trinajstić information content (AvgIpc) is 2.93. The minimum Gasteiger partial charge on any atom is -0.480 e. The van der Waals surface area contributed by atoms with Crippen molar-refractivity contribution in [1.29, 1.82) is 0 Å². The van der Waals surface area contributed by atoms with Gasteiger partial charge in [0.15, 0.2) is 0 Å². The van der Waals surface area contributed by atoms with Crippen LogP contribution in [0.15, 0.2) is 36.4 Å². The van der Waals surface area contributed by atoms with Gasteiger partial charge in [-0.1, -0.05) is 44.2 Å². The Labute approximate surface area is 141 Å². The number of nitrogens with zero attached hydrogens (tertiary/aromatic N) is 3. The summed E-state index contributed by atoms with van der Waals surface area (Å²) in [5.74, 6) is -1.13. The maximum atomic E-state index is 12.8. The fraction of sp³-hybridized carbons (Fsp3) is 0.389. The number of benzene rings is 1. The topological polar surface area (TPSA) is 75.4 Å². The summed E-state index contributed by atoms with van der Waals surface area (Å²) in [5.41, 5.74) is 2.29. The fourth-order valence-corrected chi connectivity index (χ4v) is 2.46. The zero-order valence-electron chi connectivity index (χ0n) is 14.3. The molecule has 128 valence electrons. The maximum absolute atomic E-state index is 12.8. The molecule has 1 N–H and O–H groups in total. The molecule has 0 bridgehead atoms. The Morgan fingerprint density at radius 2 is 1.92 bits per heavy atom. The van der Waals surface area contributed by atoms with Crippen LogP contribution in [0.3, 0.4) is 0 Å². The molecule has 2 aromatic rings. The van der Waals surface area contributed by atoms with Gasteiger partial charge in [-0.25, -0.2) is 0 Å². The number of hydrogen-bond donors (Lipinski definition) is 1. The van der Waals surface area contributed by atoms with Gasteiger partial charge in [0.25, 0.3) is 5.91 Å². The third-order valence-corrected chi connectivity index (χ3v) is 3.84. The van der Waals surface area contributed by atoms with Crippen LogP contribution in [0.1, 0.15) is 41.5 Å². The molecule has 6 heteroatoms. The van der Waals surface area contributed by atoms with Crippen molar-refractivity contribution in [3.8, 4) is 0 Å². The molecule has 1 aromatic heterocycles. The van der Waals surface area contributed by atoms with E-state index in [0.29, 0.717) is 18.7 Å². The van der Waals surface area contributed by atoms with Gasteiger partial charge in [-0.15, -0.1) is 0 Å². The lowest BCUT2D eigenvalue weighted by atomic mass is 10.1. The quantitative estimate of drug-likeness (QED) is 0.846. The van der Waals surface area contributed by atoms with Gasteiger partial charge in [0.05, 0.1) is 5.69 Å². The minimum absolute atomic E-state index is 0.204. The minimum atomic E-state index is -1.03. The number of hydrogen-bond acceptors (Lipinski definition) is 3. The van der Waals surface area contributed by atoms with Crippen LogP contribution in [0, 0.1) is 0 Å². The monoisotopic (exact) mass is 329 g/mol. The predicted molar refractivity (Wildman–Crippen MR) is 91.0 cm³/mol. The van der Waals surface area contributed by atoms with Crippen LogP contribution in [-0.2, 0) is 18.3 Å². The number of aromatic nitrogens is 2. The smallest absolute Gasteiger partial charge is 0.323 e. The van der Waals surface area contributed by atoms with Crippen molar-refractivity contribution in [3.63, 3.8) is 0 Å². The van der Waals surface area contributed by atoms with Crippen LogP contribution in [0.25, 0.3) is 0 Å². The molecule has 0 aliphatic carbocycles. The number of carboxylic acid groups (broad SMARTS) is 1. The molecule has 0 fully saturated rings. The van der Waals surface area contributed by atoms with Gasteiger partial charge in [-0.3, -0.25) is 14.3 Å². The Kier molecular flexibility index (Phi) is 5.73. The Morgan fingerprint density at radius 1 is 1.25 bits per heavy atom. The van der Waals surface area contributed by atoms with Gasteiger partial charge in [0.2, 0.25) is 0 Å². The molecular formula is C18H23N3O3. The van der Waals surface area contributed by atoms with E-state index in [4.69, 9.17) is 5.11 Å². The molecule has 0 spiro atoms. The molecular weight excluding hydrogens is 306 g/mol. The number of aryl methyl sites for hydroxylation is 1. The second-order valence-electron chi connectivity index (χ2n) is 6.09. The van der Waals surface area contributed by atoms with E-state index in [1.807, 2.05) is 44.2 Å². The van der Waals surface area contributed by atoms with Crippen molar-refractivity contribution in [2.24, 2.45) is 7.05 Å². The summed E-state index contributed by atoms with van der Waals surface area (Å²) in [7, 11) is 1.70. The van der Waals surface area contributed by atoms with Crippen LogP contribution in [0.5, 0.6) is 0 Å². The molecule has 0 aliphatic heterocycles. The van der Waals surface area contributed by atoms with E-state index in [2.05, 4.69) is 5.10 Å². The number of carbonyl (C=O) groups excluding carboxylic acids is 1. The first-order chi connectivity index (χ1) is 11.4. The molecule has 0 unspecified atom stereocenters. The summed E-state index contributed by atoms with van der Waals surface area (Å²) in [5, 5.41) is 13.5. The number of carbonyl (C=O) groups is 2. The maximum Gasteiger partial charge on any atom is 0.323 e. The van der Waals surface area contributed by atoms with Crippen molar-refractivity contribution in [3.05, 3.63) is 53.3 Å². The lowest BCUT2D eigenvalue weighted by Gasteiger charge is -2.20. The highest BCUT2D eigenvalue weighted by atomic mass is 16.4. The highest BCUT2D eigenvalue weighted by Gasteiger charge is 2.22. The van der Waals surface area contributed by atoms with E-state index in [-0.39, 0.29) is 18.4 Å². The molecule has 1 heterocycles. The van der Waals surface area contributed by atoms with E-state index >= 15 is 0 Å². The lowest BCUT2D eigenvalue weighted by Crippen LogP contribution is -2.38. The van der Waals surface area contributed by atoms with Gasteiger partial charge in [0, 0.05) is 13.6 Å². The zero-order chi connectivity index (χ0) is 17.7. The standard InChI is InChI=1S/C18H23N3O3/c1-13(2)15-11-16(20(3)19-15)18(24)21(12-17(22)23)10-9-14-7-5-4-6-8-14/h4-8,11,13H,9-10,12H2,1-3H3,(H,22,23). The molecule has 0 saturated heterocycles. The molecule has 0 aliphatic rings. The van der Waals surface area contributed by atoms with Crippen LogP contribution in [0.2, 0.25) is 0 Å². The number of rotatable bonds is 7. The highest BCUT2D eigenvalue weighted by molar-refractivity contribution is 5.94. The van der Waals surface area contributed by atoms with E-state index in [9.17, 15) is 9.59 Å². The van der Waals surface area contributed by atoms with Crippen LogP contribution in [0.4, 0.5) is 0 Å². The summed E-state index contributed by atoms with van der Waals surface area (Å²) in [6.45, 7) is 4.02. The second kappa shape index (κ2) is 7.77. The molecule has 0 saturated carbocycles. The molecule has 6 nitrogen and oxygen atoms in total. The van der Waals surface area contributed by atoms with Crippen LogP contribution < -0.4 is 0 Å². The van der Waals surface area contributed by atoms with Crippen LogP contribution in [-0.4, -0.2) is 44.8 Å². The van der Waals surface area contributed by atoms with Gasteiger partial charge < -0.3 is 10.0 Å². The Bertz CT molecular complexity index is 708. The Balaban J connectivity index is 2.17. The summed E-state index contributed by atoms with van der Waals surface area (Å²) < 4.78 is 1.52. The van der Waals surface area contributed by atoms with Crippen molar-refractivity contribution < 1.29 is 14.7 Å². The second-order valence-corrected chi connectivity index (χ2v) is 6.09. The lowest BCUT2D eigenvalue weighted by molar-refractivity contribution is -0.137. The Hall–Kier alpha value is -2.63. The highest BCUT2D eigenvalue weighted by Crippen LogP contribution is 2.15. The third kappa shape index (κ3) is 4.44. The molecule has 0 radical (unpaired) electrons. The summed E-state index contributed by atoms with van der Waals surface area (Å²) in [6.07, 6.45) is 0.606. The van der Waals surface area contributed by atoms with Crippen molar-refractivity contribution in [2.45, 2.75) is 26.2 Å². The van der Waals surface area contributed by atoms with E-state index in [0.717, 1.165) is 11.3 Å². The van der Waals surface area contributed by atoms with E-state index in [1.54, 1.807) is 13.1 Å². The fourth-order valence-electron chi connectivity index (χ4n) is 2.46. The SMILES string of the molecule is CC(C)c1cc(C(=O)N(CCc2ccccc2)CC(=O)O)n(C)n1. The van der Waals surface area contributed by atoms with Gasteiger partial charge in [0.1, 0.15) is 12.2 Å². The molecule has 1 aromatic carbocycles. The van der Waals surface area contributed by atoms with Crippen molar-refractivity contribution >= 4 is 11.9 Å². The van der Waals surface area contributed by atoms with Gasteiger partial charge in [-0.05, 0) is 24.0 Å². The largest absolute Gasteiger partial charge is 0.480 e. The number of aliphatic carboxylic acids is 1. The first-order valence-electron chi connectivity index (χ1n) is 7.97. The van der Waals surface area contributed by atoms with Crippen molar-refractivity contribution in [2.75, 3.05) is 13.1 Å². The van der Waals surface area contributed by atoms with Crippen LogP contribution >= 0.6 is 0 Å². The zero-order valence-corrected chi connectivity index (χ0v) is 14.3. The normalized spacial score (nSPS) is 10.8. The van der Waals surface area contributed by atoms with Crippen molar-refractivity contribution in [1.82, 2.24) is 14.7 Å². The van der Waals surface area contributed by atoms with Gasteiger partial charge >= 0.3 is 5.97 Å². The number of amides is 1. The summed E-state index contributed by atoms with van der Waals surface area (Å²) >= 11 is 0. The Morgan fingerprint density at radius 3 is 2.46 bits per heavy atom. The summed E-state index contributed by atoms with van der Waals surface area (Å²) in [6, 6.07) is 11.4. The van der Waals surface area contributed by atoms with Gasteiger partial charge in [-0.2, -0.15) is 5.10 Å². The number of carboxylic acids is 1. The van der Waals surface area contributed by atoms with E-state index < -0.39 is 5.97 Å². The third-order valence-electron chi connectivity index (χ3n) is 3.84. The molecule has 2 rings (SSSR count). The summed E-state index contributed by atoms with van der Waals surface area (Å²) in [4.78, 5) is 25.3. The first-order valence-corrected chi connectivity index (χ1v) is 7.97. The molecule has 0 atom stereocenters. The molecule has 24 heavy (non-hydrogen) atoms.